The van der Waals surface area contributed by atoms with Crippen molar-refractivity contribution in [2.45, 2.75) is 19.4 Å². The number of hydrogen-bond acceptors (Lipinski definition) is 5. The molecule has 1 aliphatic rings. The fraction of sp³-hybridized carbons (Fsp3) is 0.588. The Morgan fingerprint density at radius 1 is 1.28 bits per heavy atom. The van der Waals surface area contributed by atoms with Crippen LogP contribution in [0, 0.1) is 5.92 Å². The normalized spacial score (nSPS) is 20.6. The summed E-state index contributed by atoms with van der Waals surface area (Å²) in [6, 6.07) is 6.58. The minimum atomic E-state index is -3.34. The molecule has 1 saturated heterocycles. The first kappa shape index (κ1) is 19.7. The maximum atomic E-state index is 12.4. The second-order valence-corrected chi connectivity index (χ2v) is 8.54. The lowest BCUT2D eigenvalue weighted by Crippen LogP contribution is -2.43. The van der Waals surface area contributed by atoms with E-state index in [1.807, 2.05) is 6.92 Å². The molecule has 0 aromatic heterocycles. The molecule has 1 heterocycles. The van der Waals surface area contributed by atoms with Crippen molar-refractivity contribution in [1.82, 2.24) is 9.62 Å². The second-order valence-electron chi connectivity index (χ2n) is 6.31. The standard InChI is InChI=1S/C17H26N2O5S/c1-4-9-24-15-7-5-13(6-8-15)17(20)18-16-11-23-10-14(16)12-25(21,22)19(2)3/h5-8,14,16H,4,9-12H2,1-3H3,(H,18,20)/t14-,16-/m0/s1. The van der Waals surface area contributed by atoms with Gasteiger partial charge in [0.25, 0.3) is 5.91 Å². The highest BCUT2D eigenvalue weighted by atomic mass is 32.2. The van der Waals surface area contributed by atoms with Gasteiger partial charge in [0.2, 0.25) is 10.0 Å². The van der Waals surface area contributed by atoms with Gasteiger partial charge in [0.05, 0.1) is 31.6 Å². The highest BCUT2D eigenvalue weighted by Crippen LogP contribution is 2.18. The number of nitrogens with one attached hydrogen (secondary N) is 1. The predicted octanol–water partition coefficient (Wildman–Crippen LogP) is 1.11. The second kappa shape index (κ2) is 8.64. The Morgan fingerprint density at radius 3 is 2.56 bits per heavy atom. The third kappa shape index (κ3) is 5.42. The average Bonchev–Trinajstić information content (AvgIpc) is 2.99. The van der Waals surface area contributed by atoms with E-state index >= 15 is 0 Å². The van der Waals surface area contributed by atoms with Crippen LogP contribution in [-0.4, -0.2) is 64.3 Å². The molecule has 0 bridgehead atoms. The van der Waals surface area contributed by atoms with Gasteiger partial charge in [0, 0.05) is 25.6 Å². The minimum absolute atomic E-state index is 0.0469. The Balaban J connectivity index is 1.97. The molecule has 1 aliphatic heterocycles. The Kier molecular flexibility index (Phi) is 6.80. The van der Waals surface area contributed by atoms with Crippen molar-refractivity contribution in [2.24, 2.45) is 5.92 Å². The average molecular weight is 370 g/mol. The Hall–Kier alpha value is -1.64. The summed E-state index contributed by atoms with van der Waals surface area (Å²) >= 11 is 0. The number of rotatable bonds is 8. The van der Waals surface area contributed by atoms with Crippen LogP contribution in [0.1, 0.15) is 23.7 Å². The zero-order valence-corrected chi connectivity index (χ0v) is 15.7. The molecule has 0 spiro atoms. The maximum absolute atomic E-state index is 12.4. The number of amides is 1. The van der Waals surface area contributed by atoms with Crippen LogP contribution in [-0.2, 0) is 14.8 Å². The summed E-state index contributed by atoms with van der Waals surface area (Å²) in [5.74, 6) is 0.167. The molecule has 140 valence electrons. The number of benzene rings is 1. The zero-order chi connectivity index (χ0) is 18.4. The van der Waals surface area contributed by atoms with Gasteiger partial charge in [0.15, 0.2) is 0 Å². The number of sulfonamides is 1. The summed E-state index contributed by atoms with van der Waals surface area (Å²) in [6.45, 7) is 3.30. The highest BCUT2D eigenvalue weighted by Gasteiger charge is 2.34. The smallest absolute Gasteiger partial charge is 0.251 e. The van der Waals surface area contributed by atoms with Crippen molar-refractivity contribution in [3.63, 3.8) is 0 Å². The maximum Gasteiger partial charge on any atom is 0.251 e. The third-order valence-electron chi connectivity index (χ3n) is 4.09. The Morgan fingerprint density at radius 2 is 1.96 bits per heavy atom. The first-order valence-corrected chi connectivity index (χ1v) is 9.96. The van der Waals surface area contributed by atoms with Crippen LogP contribution < -0.4 is 10.1 Å². The summed E-state index contributed by atoms with van der Waals surface area (Å²) < 4.78 is 36.2. The number of ether oxygens (including phenoxy) is 2. The largest absolute Gasteiger partial charge is 0.494 e. The number of nitrogens with zero attached hydrogens (tertiary/aromatic N) is 1. The van der Waals surface area contributed by atoms with Gasteiger partial charge < -0.3 is 14.8 Å². The number of carbonyl (C=O) groups excluding carboxylic acids is 1. The molecule has 1 aromatic carbocycles. The van der Waals surface area contributed by atoms with E-state index in [0.717, 1.165) is 12.2 Å². The van der Waals surface area contributed by atoms with Crippen molar-refractivity contribution in [3.8, 4) is 5.75 Å². The van der Waals surface area contributed by atoms with Gasteiger partial charge >= 0.3 is 0 Å². The van der Waals surface area contributed by atoms with Gasteiger partial charge in [-0.15, -0.1) is 0 Å². The van der Waals surface area contributed by atoms with Gasteiger partial charge in [-0.3, -0.25) is 4.79 Å². The lowest BCUT2D eigenvalue weighted by atomic mass is 10.1. The Bertz CT molecular complexity index is 673. The van der Waals surface area contributed by atoms with Crippen LogP contribution in [0.25, 0.3) is 0 Å². The van der Waals surface area contributed by atoms with Crippen molar-refractivity contribution >= 4 is 15.9 Å². The molecule has 7 nitrogen and oxygen atoms in total. The quantitative estimate of drug-likeness (QED) is 0.741. The molecule has 1 amide bonds. The molecule has 25 heavy (non-hydrogen) atoms. The van der Waals surface area contributed by atoms with E-state index in [-0.39, 0.29) is 23.6 Å². The monoisotopic (exact) mass is 370 g/mol. The molecule has 2 rings (SSSR count). The van der Waals surface area contributed by atoms with Crippen molar-refractivity contribution in [3.05, 3.63) is 29.8 Å². The minimum Gasteiger partial charge on any atom is -0.494 e. The summed E-state index contributed by atoms with van der Waals surface area (Å²) in [5, 5.41) is 2.88. The third-order valence-corrected chi connectivity index (χ3v) is 6.05. The molecule has 0 aliphatic carbocycles. The van der Waals surface area contributed by atoms with Gasteiger partial charge in [-0.1, -0.05) is 6.92 Å². The van der Waals surface area contributed by atoms with Crippen LogP contribution in [0.3, 0.4) is 0 Å². The molecular formula is C17H26N2O5S. The van der Waals surface area contributed by atoms with E-state index in [9.17, 15) is 13.2 Å². The molecule has 1 N–H and O–H groups in total. The van der Waals surface area contributed by atoms with Crippen molar-refractivity contribution < 1.29 is 22.7 Å². The van der Waals surface area contributed by atoms with Crippen LogP contribution >= 0.6 is 0 Å². The fourth-order valence-corrected chi connectivity index (χ4v) is 3.68. The SMILES string of the molecule is CCCOc1ccc(C(=O)N[C@H]2COC[C@H]2CS(=O)(=O)N(C)C)cc1. The molecule has 0 saturated carbocycles. The summed E-state index contributed by atoms with van der Waals surface area (Å²) in [5.41, 5.74) is 0.505. The van der Waals surface area contributed by atoms with E-state index in [4.69, 9.17) is 9.47 Å². The van der Waals surface area contributed by atoms with E-state index < -0.39 is 10.0 Å². The topological polar surface area (TPSA) is 84.9 Å². The lowest BCUT2D eigenvalue weighted by Gasteiger charge is -2.21. The molecule has 1 aromatic rings. The van der Waals surface area contributed by atoms with Gasteiger partial charge in [-0.2, -0.15) is 0 Å². The predicted molar refractivity (Wildman–Crippen MR) is 95.3 cm³/mol. The number of carbonyl (C=O) groups is 1. The van der Waals surface area contributed by atoms with E-state index in [2.05, 4.69) is 5.32 Å². The van der Waals surface area contributed by atoms with Crippen LogP contribution in [0.4, 0.5) is 0 Å². The number of hydrogen-bond donors (Lipinski definition) is 1. The van der Waals surface area contributed by atoms with Crippen LogP contribution in [0.2, 0.25) is 0 Å². The van der Waals surface area contributed by atoms with Crippen LogP contribution in [0.15, 0.2) is 24.3 Å². The zero-order valence-electron chi connectivity index (χ0n) is 14.9. The molecule has 1 fully saturated rings. The van der Waals surface area contributed by atoms with E-state index in [0.29, 0.717) is 25.4 Å². The Labute approximate surface area is 149 Å². The first-order valence-electron chi connectivity index (χ1n) is 8.35. The lowest BCUT2D eigenvalue weighted by molar-refractivity contribution is 0.0926. The van der Waals surface area contributed by atoms with E-state index in [1.165, 1.54) is 18.4 Å². The van der Waals surface area contributed by atoms with Gasteiger partial charge in [0.1, 0.15) is 5.75 Å². The molecular weight excluding hydrogens is 344 g/mol. The van der Waals surface area contributed by atoms with Gasteiger partial charge in [-0.25, -0.2) is 12.7 Å². The molecule has 2 atom stereocenters. The fourth-order valence-electron chi connectivity index (χ4n) is 2.52. The van der Waals surface area contributed by atoms with Crippen LogP contribution in [0.5, 0.6) is 5.75 Å². The van der Waals surface area contributed by atoms with Gasteiger partial charge in [-0.05, 0) is 30.7 Å². The molecule has 0 radical (unpaired) electrons. The summed E-state index contributed by atoms with van der Waals surface area (Å²) in [6.07, 6.45) is 0.918. The summed E-state index contributed by atoms with van der Waals surface area (Å²) in [4.78, 5) is 12.4. The summed E-state index contributed by atoms with van der Waals surface area (Å²) in [7, 11) is -0.342. The highest BCUT2D eigenvalue weighted by molar-refractivity contribution is 7.89. The van der Waals surface area contributed by atoms with Crippen molar-refractivity contribution in [2.75, 3.05) is 39.7 Å². The molecule has 8 heteroatoms. The first-order chi connectivity index (χ1) is 11.8. The van der Waals surface area contributed by atoms with E-state index in [1.54, 1.807) is 24.3 Å². The van der Waals surface area contributed by atoms with Crippen molar-refractivity contribution in [1.29, 1.82) is 0 Å². The molecule has 0 unspecified atom stereocenters.